The van der Waals surface area contributed by atoms with E-state index in [0.29, 0.717) is 0 Å². The third kappa shape index (κ3) is 3.05. The van der Waals surface area contributed by atoms with Gasteiger partial charge in [-0.25, -0.2) is 4.99 Å². The van der Waals surface area contributed by atoms with Crippen LogP contribution in [0, 0.1) is 10.1 Å². The highest BCUT2D eigenvalue weighted by Gasteiger charge is 2.03. The van der Waals surface area contributed by atoms with E-state index in [-0.39, 0.29) is 22.1 Å². The van der Waals surface area contributed by atoms with Crippen molar-refractivity contribution in [2.75, 3.05) is 14.0 Å². The van der Waals surface area contributed by atoms with Crippen LogP contribution >= 0.6 is 0 Å². The highest BCUT2D eigenvalue weighted by atomic mass is 16.6. The lowest BCUT2D eigenvalue weighted by Crippen LogP contribution is -2.17. The zero-order valence-corrected chi connectivity index (χ0v) is 7.97. The Labute approximate surface area is 96.6 Å². The molecule has 0 amide bonds. The van der Waals surface area contributed by atoms with E-state index < -0.39 is 18.9 Å². The zero-order valence-electron chi connectivity index (χ0n) is 14.0. The van der Waals surface area contributed by atoms with Crippen LogP contribution in [0.5, 0.6) is 0 Å². The number of benzene rings is 1. The summed E-state index contributed by atoms with van der Waals surface area (Å²) in [5.74, 6) is -0.233. The van der Waals surface area contributed by atoms with Crippen molar-refractivity contribution in [3.8, 4) is 0 Å². The van der Waals surface area contributed by atoms with Gasteiger partial charge in [-0.15, -0.1) is 0 Å². The standard InChI is InChI=1S/C10H13N3O2/c1-8(12(2)3)11-9-4-6-10(7-5-9)13(14)15/h4-7H,1-3H3/i2D3,3D3. The summed E-state index contributed by atoms with van der Waals surface area (Å²) in [6, 6.07) is 5.00. The normalized spacial score (nSPS) is 18.9. The minimum absolute atomic E-state index is 0.143. The van der Waals surface area contributed by atoms with E-state index in [4.69, 9.17) is 8.22 Å². The lowest BCUT2D eigenvalue weighted by Gasteiger charge is -2.10. The first-order valence-corrected chi connectivity index (χ1v) is 4.03. The Morgan fingerprint density at radius 2 is 2.07 bits per heavy atom. The Morgan fingerprint density at radius 3 is 2.53 bits per heavy atom. The van der Waals surface area contributed by atoms with E-state index in [1.54, 1.807) is 0 Å². The largest absolute Gasteiger partial charge is 0.366 e. The van der Waals surface area contributed by atoms with Crippen LogP contribution in [0.1, 0.15) is 15.1 Å². The summed E-state index contributed by atoms with van der Waals surface area (Å²) >= 11 is 0. The van der Waals surface area contributed by atoms with E-state index in [1.807, 2.05) is 0 Å². The van der Waals surface area contributed by atoms with Crippen LogP contribution in [0.4, 0.5) is 11.4 Å². The highest BCUT2D eigenvalue weighted by molar-refractivity contribution is 5.82. The van der Waals surface area contributed by atoms with E-state index in [9.17, 15) is 10.1 Å². The van der Waals surface area contributed by atoms with Gasteiger partial charge in [0.15, 0.2) is 0 Å². The fraction of sp³-hybridized carbons (Fsp3) is 0.300. The van der Waals surface area contributed by atoms with Gasteiger partial charge in [0.2, 0.25) is 0 Å². The van der Waals surface area contributed by atoms with Gasteiger partial charge in [-0.3, -0.25) is 10.1 Å². The molecule has 1 aromatic rings. The van der Waals surface area contributed by atoms with Crippen molar-refractivity contribution in [1.82, 2.24) is 4.90 Å². The summed E-state index contributed by atoms with van der Waals surface area (Å²) in [4.78, 5) is 14.1. The maximum absolute atomic E-state index is 10.5. The molecule has 0 aliphatic rings. The number of nitro benzene ring substituents is 1. The van der Waals surface area contributed by atoms with E-state index in [1.165, 1.54) is 31.2 Å². The van der Waals surface area contributed by atoms with Crippen molar-refractivity contribution in [3.05, 3.63) is 34.4 Å². The molecular weight excluding hydrogens is 194 g/mol. The van der Waals surface area contributed by atoms with Crippen LogP contribution < -0.4 is 0 Å². The average Bonchev–Trinajstić information content (AvgIpc) is 2.25. The molecule has 0 saturated heterocycles. The molecule has 5 nitrogen and oxygen atoms in total. The van der Waals surface area contributed by atoms with Gasteiger partial charge < -0.3 is 4.90 Å². The Morgan fingerprint density at radius 1 is 1.47 bits per heavy atom. The number of hydrogen-bond donors (Lipinski definition) is 0. The van der Waals surface area contributed by atoms with Gasteiger partial charge in [-0.1, -0.05) is 0 Å². The first kappa shape index (κ1) is 5.25. The first-order chi connectivity index (χ1) is 9.43. The second kappa shape index (κ2) is 4.54. The molecule has 0 aliphatic heterocycles. The van der Waals surface area contributed by atoms with Crippen LogP contribution in [0.15, 0.2) is 29.3 Å². The molecule has 15 heavy (non-hydrogen) atoms. The van der Waals surface area contributed by atoms with Crippen molar-refractivity contribution < 1.29 is 13.1 Å². The van der Waals surface area contributed by atoms with Crippen molar-refractivity contribution in [1.29, 1.82) is 0 Å². The fourth-order valence-corrected chi connectivity index (χ4v) is 0.886. The molecule has 5 heteroatoms. The summed E-state index contributed by atoms with van der Waals surface area (Å²) in [5.41, 5.74) is 0.0756. The van der Waals surface area contributed by atoms with Gasteiger partial charge in [0.05, 0.1) is 10.6 Å². The highest BCUT2D eigenvalue weighted by Crippen LogP contribution is 2.18. The summed E-state index contributed by atoms with van der Waals surface area (Å²) in [5, 5.41) is 10.5. The number of aliphatic imine (C=N–C) groups is 1. The predicted octanol–water partition coefficient (Wildman–Crippen LogP) is 2.21. The number of nitrogens with zero attached hydrogens (tertiary/aromatic N) is 3. The molecule has 1 rings (SSSR count). The summed E-state index contributed by atoms with van der Waals surface area (Å²) in [6.45, 7) is -4.50. The van der Waals surface area contributed by atoms with Crippen molar-refractivity contribution in [2.24, 2.45) is 4.99 Å². The monoisotopic (exact) mass is 213 g/mol. The minimum Gasteiger partial charge on any atom is -0.366 e. The van der Waals surface area contributed by atoms with Gasteiger partial charge in [0.25, 0.3) is 5.69 Å². The number of hydrogen-bond acceptors (Lipinski definition) is 3. The maximum atomic E-state index is 10.5. The van der Waals surface area contributed by atoms with Crippen LogP contribution in [-0.4, -0.2) is 29.6 Å². The average molecular weight is 213 g/mol. The maximum Gasteiger partial charge on any atom is 0.269 e. The second-order valence-electron chi connectivity index (χ2n) is 2.77. The van der Waals surface area contributed by atoms with E-state index in [2.05, 4.69) is 4.99 Å². The molecule has 0 unspecified atom stereocenters. The van der Waals surface area contributed by atoms with Crippen molar-refractivity contribution >= 4 is 17.2 Å². The number of amidine groups is 1. The fourth-order valence-electron chi connectivity index (χ4n) is 0.886. The molecule has 80 valence electrons. The lowest BCUT2D eigenvalue weighted by atomic mass is 10.3. The van der Waals surface area contributed by atoms with Crippen LogP contribution in [0.3, 0.4) is 0 Å². The summed E-state index contributed by atoms with van der Waals surface area (Å²) in [6.07, 6.45) is 0. The minimum atomic E-state index is -2.88. The molecular formula is C10H13N3O2. The molecule has 0 radical (unpaired) electrons. The number of rotatable bonds is 2. The third-order valence-corrected chi connectivity index (χ3v) is 1.68. The van der Waals surface area contributed by atoms with Crippen LogP contribution in [0.25, 0.3) is 0 Å². The summed E-state index contributed by atoms with van der Waals surface area (Å²) < 4.78 is 43.6. The quantitative estimate of drug-likeness (QED) is 0.327. The molecule has 0 N–H and O–H groups in total. The molecule has 0 saturated carbocycles. The summed E-state index contributed by atoms with van der Waals surface area (Å²) in [7, 11) is 0. The molecule has 0 bridgehead atoms. The topological polar surface area (TPSA) is 58.7 Å². The van der Waals surface area contributed by atoms with Crippen molar-refractivity contribution in [3.63, 3.8) is 0 Å². The Kier molecular flexibility index (Phi) is 1.59. The third-order valence-electron chi connectivity index (χ3n) is 1.68. The van der Waals surface area contributed by atoms with Gasteiger partial charge in [-0.2, -0.15) is 0 Å². The van der Waals surface area contributed by atoms with Gasteiger partial charge >= 0.3 is 0 Å². The molecule has 0 atom stereocenters. The molecule has 0 aromatic heterocycles. The second-order valence-corrected chi connectivity index (χ2v) is 2.77. The SMILES string of the molecule is [2H]C([2H])([2H])N(C(C)=Nc1ccc([N+](=O)[O-])cc1)C([2H])([2H])[2H]. The molecule has 0 heterocycles. The molecule has 0 aliphatic carbocycles. The van der Waals surface area contributed by atoms with Crippen LogP contribution in [0.2, 0.25) is 0 Å². The van der Waals surface area contributed by atoms with Gasteiger partial charge in [0.1, 0.15) is 5.84 Å². The zero-order chi connectivity index (χ0) is 16.4. The molecule has 0 spiro atoms. The number of non-ortho nitro benzene ring substituents is 1. The predicted molar refractivity (Wildman–Crippen MR) is 59.6 cm³/mol. The van der Waals surface area contributed by atoms with Gasteiger partial charge in [-0.05, 0) is 19.1 Å². The Bertz CT molecular complexity index is 535. The van der Waals surface area contributed by atoms with Gasteiger partial charge in [0, 0.05) is 34.3 Å². The van der Waals surface area contributed by atoms with Crippen molar-refractivity contribution in [2.45, 2.75) is 6.92 Å². The molecule has 0 fully saturated rings. The Balaban J connectivity index is 3.14. The first-order valence-electron chi connectivity index (χ1n) is 7.03. The smallest absolute Gasteiger partial charge is 0.269 e. The van der Waals surface area contributed by atoms with E-state index in [0.717, 1.165) is 0 Å². The molecule has 1 aromatic carbocycles. The number of nitro groups is 1. The Hall–Kier alpha value is -1.91. The lowest BCUT2D eigenvalue weighted by molar-refractivity contribution is -0.384. The van der Waals surface area contributed by atoms with Crippen LogP contribution in [-0.2, 0) is 0 Å². The van der Waals surface area contributed by atoms with E-state index >= 15 is 0 Å².